The lowest BCUT2D eigenvalue weighted by Crippen LogP contribution is -2.41. The molecule has 1 heterocycles. The Balaban J connectivity index is 2.44. The molecule has 1 aromatic carbocycles. The van der Waals surface area contributed by atoms with Crippen LogP contribution in [-0.2, 0) is 15.5 Å². The minimum absolute atomic E-state index is 0.242. The van der Waals surface area contributed by atoms with Crippen molar-refractivity contribution >= 4 is 12.6 Å². The van der Waals surface area contributed by atoms with E-state index in [1.807, 2.05) is 27.7 Å². The van der Waals surface area contributed by atoms with E-state index in [4.69, 9.17) is 14.0 Å². The zero-order valence-corrected chi connectivity index (χ0v) is 12.7. The van der Waals surface area contributed by atoms with Gasteiger partial charge >= 0.3 is 13.3 Å². The maximum Gasteiger partial charge on any atom is 0.498 e. The molecule has 0 radical (unpaired) electrons. The summed E-state index contributed by atoms with van der Waals surface area (Å²) in [7, 11) is 0.504. The summed E-state index contributed by atoms with van der Waals surface area (Å²) in [5.74, 6) is 0.307. The summed E-state index contributed by atoms with van der Waals surface area (Å²) >= 11 is 0. The van der Waals surface area contributed by atoms with Crippen molar-refractivity contribution in [3.63, 3.8) is 0 Å². The van der Waals surface area contributed by atoms with Gasteiger partial charge < -0.3 is 14.0 Å². The number of hydrogen-bond donors (Lipinski definition) is 0. The fourth-order valence-electron chi connectivity index (χ4n) is 2.06. The summed E-state index contributed by atoms with van der Waals surface area (Å²) in [6.45, 7) is 7.36. The summed E-state index contributed by atoms with van der Waals surface area (Å²) in [4.78, 5) is 0. The first-order valence-corrected chi connectivity index (χ1v) is 6.59. The molecule has 1 aromatic rings. The van der Waals surface area contributed by atoms with Crippen molar-refractivity contribution in [2.45, 2.75) is 45.1 Å². The second kappa shape index (κ2) is 4.92. The van der Waals surface area contributed by atoms with Crippen LogP contribution >= 0.6 is 0 Å². The second-order valence-corrected chi connectivity index (χ2v) is 6.04. The monoisotopic (exact) mass is 302 g/mol. The average molecular weight is 302 g/mol. The van der Waals surface area contributed by atoms with Gasteiger partial charge in [0.25, 0.3) is 0 Å². The van der Waals surface area contributed by atoms with Crippen molar-refractivity contribution in [2.75, 3.05) is 7.11 Å². The number of hydrogen-bond acceptors (Lipinski definition) is 3. The third-order valence-corrected chi connectivity index (χ3v) is 4.06. The highest BCUT2D eigenvalue weighted by Crippen LogP contribution is 2.38. The summed E-state index contributed by atoms with van der Waals surface area (Å²) in [5, 5.41) is 0. The molecule has 0 unspecified atom stereocenters. The van der Waals surface area contributed by atoms with E-state index in [1.165, 1.54) is 13.2 Å². The third kappa shape index (κ3) is 2.89. The van der Waals surface area contributed by atoms with Crippen molar-refractivity contribution in [1.29, 1.82) is 0 Å². The Bertz CT molecular complexity index is 525. The van der Waals surface area contributed by atoms with Gasteiger partial charge in [-0.15, -0.1) is 0 Å². The van der Waals surface area contributed by atoms with Gasteiger partial charge in [0.2, 0.25) is 0 Å². The summed E-state index contributed by atoms with van der Waals surface area (Å²) in [5.41, 5.74) is -1.77. The second-order valence-electron chi connectivity index (χ2n) is 6.04. The first kappa shape index (κ1) is 16.2. The smallest absolute Gasteiger partial charge is 0.497 e. The molecular formula is C14H18BF3O3. The van der Waals surface area contributed by atoms with E-state index in [2.05, 4.69) is 0 Å². The molecular weight excluding hydrogens is 284 g/mol. The number of halogens is 3. The predicted molar refractivity (Wildman–Crippen MR) is 73.7 cm³/mol. The lowest BCUT2D eigenvalue weighted by atomic mass is 9.77. The Labute approximate surface area is 122 Å². The van der Waals surface area contributed by atoms with E-state index in [0.29, 0.717) is 5.75 Å². The average Bonchev–Trinajstić information content (AvgIpc) is 2.56. The summed E-state index contributed by atoms with van der Waals surface area (Å²) in [6.07, 6.45) is -4.43. The Hall–Kier alpha value is -1.21. The normalized spacial score (nSPS) is 20.7. The van der Waals surface area contributed by atoms with Gasteiger partial charge in [-0.3, -0.25) is 0 Å². The van der Waals surface area contributed by atoms with Crippen LogP contribution in [0.2, 0.25) is 0 Å². The molecule has 3 nitrogen and oxygen atoms in total. The largest absolute Gasteiger partial charge is 0.498 e. The van der Waals surface area contributed by atoms with Crippen LogP contribution in [0, 0.1) is 0 Å². The fourth-order valence-corrected chi connectivity index (χ4v) is 2.06. The first-order chi connectivity index (χ1) is 9.48. The molecule has 0 aliphatic carbocycles. The maximum atomic E-state index is 12.9. The first-order valence-electron chi connectivity index (χ1n) is 6.59. The topological polar surface area (TPSA) is 27.7 Å². The Kier molecular flexibility index (Phi) is 3.79. The molecule has 1 fully saturated rings. The third-order valence-electron chi connectivity index (χ3n) is 4.06. The minimum atomic E-state index is -4.43. The van der Waals surface area contributed by atoms with Gasteiger partial charge in [-0.05, 0) is 45.9 Å². The highest BCUT2D eigenvalue weighted by atomic mass is 19.4. The molecule has 2 rings (SSSR count). The zero-order valence-electron chi connectivity index (χ0n) is 12.7. The van der Waals surface area contributed by atoms with Gasteiger partial charge in [0.15, 0.2) is 0 Å². The van der Waals surface area contributed by atoms with Crippen molar-refractivity contribution in [3.05, 3.63) is 23.8 Å². The standard InChI is InChI=1S/C14H18BF3O3/c1-12(2)13(3,4)21-15(20-12)10-8-9(14(16,17)18)6-7-11(10)19-5/h6-8H,1-5H3. The van der Waals surface area contributed by atoms with E-state index in [9.17, 15) is 13.2 Å². The SMILES string of the molecule is COc1ccc(C(F)(F)F)cc1B1OC(C)(C)C(C)(C)O1. The molecule has 0 saturated carbocycles. The molecule has 0 bridgehead atoms. The van der Waals surface area contributed by atoms with Crippen LogP contribution in [0.3, 0.4) is 0 Å². The van der Waals surface area contributed by atoms with Crippen molar-refractivity contribution in [3.8, 4) is 5.75 Å². The van der Waals surface area contributed by atoms with Crippen molar-refractivity contribution in [1.82, 2.24) is 0 Å². The van der Waals surface area contributed by atoms with Crippen molar-refractivity contribution in [2.24, 2.45) is 0 Å². The molecule has 7 heteroatoms. The number of alkyl halides is 3. The minimum Gasteiger partial charge on any atom is -0.497 e. The number of rotatable bonds is 2. The van der Waals surface area contributed by atoms with E-state index < -0.39 is 30.1 Å². The van der Waals surface area contributed by atoms with Crippen LogP contribution in [0.4, 0.5) is 13.2 Å². The van der Waals surface area contributed by atoms with Gasteiger partial charge in [-0.25, -0.2) is 0 Å². The molecule has 0 N–H and O–H groups in total. The fraction of sp³-hybridized carbons (Fsp3) is 0.571. The number of methoxy groups -OCH3 is 1. The highest BCUT2D eigenvalue weighted by molar-refractivity contribution is 6.63. The number of benzene rings is 1. The van der Waals surface area contributed by atoms with Gasteiger partial charge in [0.05, 0.1) is 23.9 Å². The van der Waals surface area contributed by atoms with Gasteiger partial charge in [-0.1, -0.05) is 0 Å². The zero-order chi connectivity index (χ0) is 16.1. The van der Waals surface area contributed by atoms with Crippen LogP contribution in [0.25, 0.3) is 0 Å². The van der Waals surface area contributed by atoms with Gasteiger partial charge in [0, 0.05) is 5.46 Å². The molecule has 1 saturated heterocycles. The predicted octanol–water partition coefficient (Wildman–Crippen LogP) is 3.01. The van der Waals surface area contributed by atoms with Crippen LogP contribution in [0.5, 0.6) is 5.75 Å². The highest BCUT2D eigenvalue weighted by Gasteiger charge is 2.52. The Morgan fingerprint density at radius 3 is 2.00 bits per heavy atom. The van der Waals surface area contributed by atoms with E-state index in [1.54, 1.807) is 0 Å². The molecule has 116 valence electrons. The van der Waals surface area contributed by atoms with E-state index >= 15 is 0 Å². The Morgan fingerprint density at radius 1 is 1.05 bits per heavy atom. The maximum absolute atomic E-state index is 12.9. The molecule has 0 amide bonds. The summed E-state index contributed by atoms with van der Waals surface area (Å²) < 4.78 is 55.3. The van der Waals surface area contributed by atoms with Gasteiger partial charge in [-0.2, -0.15) is 13.2 Å². The van der Waals surface area contributed by atoms with Gasteiger partial charge in [0.1, 0.15) is 5.75 Å². The summed E-state index contributed by atoms with van der Waals surface area (Å²) in [6, 6.07) is 3.28. The molecule has 0 aromatic heterocycles. The molecule has 0 atom stereocenters. The van der Waals surface area contributed by atoms with Crippen LogP contribution < -0.4 is 10.2 Å². The quantitative estimate of drug-likeness (QED) is 0.786. The molecule has 21 heavy (non-hydrogen) atoms. The molecule has 0 spiro atoms. The molecule has 1 aliphatic heterocycles. The van der Waals surface area contributed by atoms with Crippen LogP contribution in [-0.4, -0.2) is 25.4 Å². The van der Waals surface area contributed by atoms with E-state index in [-0.39, 0.29) is 5.46 Å². The van der Waals surface area contributed by atoms with Crippen LogP contribution in [0.15, 0.2) is 18.2 Å². The molecule has 1 aliphatic rings. The lowest BCUT2D eigenvalue weighted by Gasteiger charge is -2.32. The Morgan fingerprint density at radius 2 is 1.57 bits per heavy atom. The lowest BCUT2D eigenvalue weighted by molar-refractivity contribution is -0.137. The van der Waals surface area contributed by atoms with Crippen molar-refractivity contribution < 1.29 is 27.2 Å². The van der Waals surface area contributed by atoms with Crippen LogP contribution in [0.1, 0.15) is 33.3 Å². The number of ether oxygens (including phenoxy) is 1. The van der Waals surface area contributed by atoms with E-state index in [0.717, 1.165) is 12.1 Å².